The highest BCUT2D eigenvalue weighted by Gasteiger charge is 2.31. The second kappa shape index (κ2) is 10.1. The summed E-state index contributed by atoms with van der Waals surface area (Å²) in [6, 6.07) is 17.5. The fourth-order valence-electron chi connectivity index (χ4n) is 3.40. The Labute approximate surface area is 187 Å². The number of hydrogen-bond donors (Lipinski definition) is 1. The number of urea groups is 1. The molecule has 0 aliphatic carbocycles. The van der Waals surface area contributed by atoms with Gasteiger partial charge in [0.1, 0.15) is 6.10 Å². The number of amides is 3. The summed E-state index contributed by atoms with van der Waals surface area (Å²) in [5.41, 5.74) is 7.56. The standard InChI is InChI=1S/C20H21N3O3.C2H5NOS/c1-15-13-23(20(25)26-15)18-9-7-17(8-10-18)22-12-11-21(19(22)24)14-16-5-3-2-4-6-16;1-4-2(3)5/h2-10,15H,11-14H2,1H3;1H3,(H2,3,5). The number of carbonyl (C=O) groups is 2. The van der Waals surface area contributed by atoms with Crippen LogP contribution in [0.2, 0.25) is 0 Å². The van der Waals surface area contributed by atoms with E-state index in [1.807, 2.05) is 66.4 Å². The molecular formula is C22H26N4O4S. The quantitative estimate of drug-likeness (QED) is 0.731. The van der Waals surface area contributed by atoms with Gasteiger partial charge in [-0.1, -0.05) is 30.3 Å². The molecule has 164 valence electrons. The minimum Gasteiger partial charge on any atom is -0.475 e. The molecule has 2 saturated heterocycles. The van der Waals surface area contributed by atoms with E-state index in [1.165, 1.54) is 7.11 Å². The number of carbonyl (C=O) groups excluding carboxylic acids is 2. The molecule has 1 unspecified atom stereocenters. The third-order valence-corrected chi connectivity index (χ3v) is 5.11. The minimum absolute atomic E-state index is 0.0100. The zero-order valence-electron chi connectivity index (χ0n) is 17.6. The van der Waals surface area contributed by atoms with E-state index in [0.717, 1.165) is 16.9 Å². The Kier molecular flexibility index (Phi) is 7.30. The van der Waals surface area contributed by atoms with Crippen LogP contribution in [0.4, 0.5) is 21.0 Å². The van der Waals surface area contributed by atoms with E-state index in [-0.39, 0.29) is 23.4 Å². The normalized spacial score (nSPS) is 17.9. The fraction of sp³-hybridized carbons (Fsp3) is 0.318. The number of anilines is 2. The number of benzene rings is 2. The van der Waals surface area contributed by atoms with Crippen LogP contribution >= 0.6 is 12.2 Å². The van der Waals surface area contributed by atoms with Gasteiger partial charge >= 0.3 is 12.1 Å². The van der Waals surface area contributed by atoms with Crippen LogP contribution in [-0.4, -0.2) is 55.0 Å². The van der Waals surface area contributed by atoms with Crippen molar-refractivity contribution in [3.63, 3.8) is 0 Å². The average molecular weight is 443 g/mol. The lowest BCUT2D eigenvalue weighted by atomic mass is 10.2. The topological polar surface area (TPSA) is 88.3 Å². The number of thiocarbonyl (C=S) groups is 1. The summed E-state index contributed by atoms with van der Waals surface area (Å²) in [4.78, 5) is 29.8. The second-order valence-corrected chi connectivity index (χ2v) is 7.59. The summed E-state index contributed by atoms with van der Waals surface area (Å²) >= 11 is 4.25. The van der Waals surface area contributed by atoms with Gasteiger partial charge < -0.3 is 20.1 Å². The van der Waals surface area contributed by atoms with E-state index < -0.39 is 0 Å². The maximum absolute atomic E-state index is 12.7. The molecule has 2 aromatic rings. The largest absolute Gasteiger partial charge is 0.475 e. The Hall–Kier alpha value is -3.33. The lowest BCUT2D eigenvalue weighted by molar-refractivity contribution is 0.150. The molecule has 2 N–H and O–H groups in total. The molecule has 9 heteroatoms. The Morgan fingerprint density at radius 3 is 2.16 bits per heavy atom. The molecule has 8 nitrogen and oxygen atoms in total. The SMILES string of the molecule is CC1CN(c2ccc(N3CCN(Cc4ccccc4)C3=O)cc2)C(=O)O1.COC(N)=S. The van der Waals surface area contributed by atoms with E-state index in [2.05, 4.69) is 17.0 Å². The van der Waals surface area contributed by atoms with Gasteiger partial charge in [0, 0.05) is 31.0 Å². The summed E-state index contributed by atoms with van der Waals surface area (Å²) in [7, 11) is 1.43. The van der Waals surface area contributed by atoms with Crippen molar-refractivity contribution >= 4 is 40.9 Å². The molecule has 0 spiro atoms. The number of rotatable bonds is 4. The van der Waals surface area contributed by atoms with Crippen LogP contribution in [0.15, 0.2) is 54.6 Å². The van der Waals surface area contributed by atoms with Crippen LogP contribution in [0.5, 0.6) is 0 Å². The van der Waals surface area contributed by atoms with Crippen molar-refractivity contribution < 1.29 is 19.1 Å². The molecule has 2 heterocycles. The van der Waals surface area contributed by atoms with Gasteiger partial charge in [0.25, 0.3) is 5.17 Å². The first-order chi connectivity index (χ1) is 14.9. The highest BCUT2D eigenvalue weighted by molar-refractivity contribution is 7.80. The van der Waals surface area contributed by atoms with E-state index in [4.69, 9.17) is 10.5 Å². The first-order valence-corrected chi connectivity index (χ1v) is 10.3. The zero-order chi connectivity index (χ0) is 22.4. The fourth-order valence-corrected chi connectivity index (χ4v) is 3.40. The zero-order valence-corrected chi connectivity index (χ0v) is 18.4. The summed E-state index contributed by atoms with van der Waals surface area (Å²) in [5.74, 6) is 0. The molecule has 31 heavy (non-hydrogen) atoms. The van der Waals surface area contributed by atoms with Gasteiger partial charge in [-0.05, 0) is 49.0 Å². The lowest BCUT2D eigenvalue weighted by Gasteiger charge is -2.20. The number of methoxy groups -OCH3 is 1. The summed E-state index contributed by atoms with van der Waals surface area (Å²) in [6.45, 7) is 4.40. The van der Waals surface area contributed by atoms with Gasteiger partial charge in [-0.3, -0.25) is 9.80 Å². The minimum atomic E-state index is -0.323. The number of hydrogen-bond acceptors (Lipinski definition) is 5. The van der Waals surface area contributed by atoms with Crippen molar-refractivity contribution in [2.24, 2.45) is 5.73 Å². The van der Waals surface area contributed by atoms with E-state index >= 15 is 0 Å². The molecule has 0 saturated carbocycles. The summed E-state index contributed by atoms with van der Waals surface area (Å²) < 4.78 is 9.42. The van der Waals surface area contributed by atoms with E-state index in [9.17, 15) is 9.59 Å². The molecule has 2 aromatic carbocycles. The molecule has 2 aliphatic rings. The monoisotopic (exact) mass is 442 g/mol. The van der Waals surface area contributed by atoms with Crippen LogP contribution in [0, 0.1) is 0 Å². The number of ether oxygens (including phenoxy) is 2. The number of nitrogens with zero attached hydrogens (tertiary/aromatic N) is 3. The Morgan fingerprint density at radius 2 is 1.65 bits per heavy atom. The number of nitrogens with two attached hydrogens (primary N) is 1. The molecule has 1 atom stereocenters. The molecule has 0 aromatic heterocycles. The number of cyclic esters (lactones) is 1. The van der Waals surface area contributed by atoms with Crippen molar-refractivity contribution in [1.82, 2.24) is 4.90 Å². The van der Waals surface area contributed by atoms with Crippen molar-refractivity contribution in [2.45, 2.75) is 19.6 Å². The molecular weight excluding hydrogens is 416 g/mol. The predicted octanol–water partition coefficient (Wildman–Crippen LogP) is 3.35. The third kappa shape index (κ3) is 5.64. The maximum atomic E-state index is 12.7. The van der Waals surface area contributed by atoms with Crippen LogP contribution in [0.25, 0.3) is 0 Å². The van der Waals surface area contributed by atoms with E-state index in [0.29, 0.717) is 26.2 Å². The first kappa shape index (κ1) is 22.4. The van der Waals surface area contributed by atoms with Gasteiger partial charge in [-0.15, -0.1) is 0 Å². The Bertz CT molecular complexity index is 923. The smallest absolute Gasteiger partial charge is 0.414 e. The molecule has 0 bridgehead atoms. The van der Waals surface area contributed by atoms with E-state index in [1.54, 1.807) is 9.80 Å². The average Bonchev–Trinajstić information content (AvgIpc) is 3.30. The van der Waals surface area contributed by atoms with Gasteiger partial charge in [-0.25, -0.2) is 9.59 Å². The van der Waals surface area contributed by atoms with Gasteiger partial charge in [0.15, 0.2) is 0 Å². The van der Waals surface area contributed by atoms with Crippen LogP contribution in [-0.2, 0) is 16.0 Å². The Morgan fingerprint density at radius 1 is 1.06 bits per heavy atom. The first-order valence-electron chi connectivity index (χ1n) is 9.91. The molecule has 2 fully saturated rings. The van der Waals surface area contributed by atoms with Gasteiger partial charge in [0.05, 0.1) is 13.7 Å². The van der Waals surface area contributed by atoms with Crippen LogP contribution in [0.3, 0.4) is 0 Å². The van der Waals surface area contributed by atoms with Crippen LogP contribution < -0.4 is 15.5 Å². The van der Waals surface area contributed by atoms with Crippen molar-refractivity contribution in [2.75, 3.05) is 36.5 Å². The Balaban J connectivity index is 0.000000491. The predicted molar refractivity (Wildman–Crippen MR) is 123 cm³/mol. The molecule has 4 rings (SSSR count). The van der Waals surface area contributed by atoms with Gasteiger partial charge in [-0.2, -0.15) is 0 Å². The van der Waals surface area contributed by atoms with Crippen molar-refractivity contribution in [1.29, 1.82) is 0 Å². The highest BCUT2D eigenvalue weighted by atomic mass is 32.1. The van der Waals surface area contributed by atoms with Gasteiger partial charge in [0.2, 0.25) is 0 Å². The maximum Gasteiger partial charge on any atom is 0.414 e. The van der Waals surface area contributed by atoms with Crippen LogP contribution in [0.1, 0.15) is 12.5 Å². The molecule has 0 radical (unpaired) electrons. The highest BCUT2D eigenvalue weighted by Crippen LogP contribution is 2.27. The lowest BCUT2D eigenvalue weighted by Crippen LogP contribution is -2.31. The molecule has 2 aliphatic heterocycles. The molecule has 3 amide bonds. The third-order valence-electron chi connectivity index (χ3n) is 4.95. The van der Waals surface area contributed by atoms with Crippen molar-refractivity contribution in [3.8, 4) is 0 Å². The summed E-state index contributed by atoms with van der Waals surface area (Å²) in [6.07, 6.45) is -0.426. The second-order valence-electron chi connectivity index (χ2n) is 7.19. The van der Waals surface area contributed by atoms with Crippen molar-refractivity contribution in [3.05, 3.63) is 60.2 Å². The summed E-state index contributed by atoms with van der Waals surface area (Å²) in [5, 5.41) is 0.0880.